The van der Waals surface area contributed by atoms with Crippen LogP contribution in [-0.4, -0.2) is 50.7 Å². The number of rotatable bonds is 2. The van der Waals surface area contributed by atoms with Gasteiger partial charge >= 0.3 is 0 Å². The number of nitrogens with two attached hydrogens (primary N) is 1. The standard InChI is InChI=1S/C9H13N3O4S2/c10-8-2-1-3-11-9(8)18(15,16)12-4-6-17(13,14)7-5-12/h1-3H,4-7,10H2. The number of aromatic nitrogens is 1. The lowest BCUT2D eigenvalue weighted by Crippen LogP contribution is -2.44. The lowest BCUT2D eigenvalue weighted by molar-refractivity contribution is 0.429. The molecule has 1 aromatic heterocycles. The minimum atomic E-state index is -3.81. The zero-order valence-electron chi connectivity index (χ0n) is 9.48. The fraction of sp³-hybridized carbons (Fsp3) is 0.444. The number of nitrogen functional groups attached to an aromatic ring is 1. The zero-order chi connectivity index (χ0) is 13.4. The van der Waals surface area contributed by atoms with Gasteiger partial charge in [-0.25, -0.2) is 21.8 Å². The summed E-state index contributed by atoms with van der Waals surface area (Å²) in [6.07, 6.45) is 1.34. The highest BCUT2D eigenvalue weighted by atomic mass is 32.2. The number of nitrogens with zero attached hydrogens (tertiary/aromatic N) is 2. The first-order valence-electron chi connectivity index (χ1n) is 5.24. The zero-order valence-corrected chi connectivity index (χ0v) is 11.1. The lowest BCUT2D eigenvalue weighted by Gasteiger charge is -2.25. The largest absolute Gasteiger partial charge is 0.396 e. The van der Waals surface area contributed by atoms with Gasteiger partial charge in [0.1, 0.15) is 0 Å². The van der Waals surface area contributed by atoms with E-state index in [1.807, 2.05) is 0 Å². The van der Waals surface area contributed by atoms with Crippen LogP contribution in [0.15, 0.2) is 23.4 Å². The Labute approximate surface area is 106 Å². The third kappa shape index (κ3) is 2.47. The van der Waals surface area contributed by atoms with Gasteiger partial charge < -0.3 is 5.73 Å². The Morgan fingerprint density at radius 2 is 1.89 bits per heavy atom. The molecule has 2 heterocycles. The fourth-order valence-corrected chi connectivity index (χ4v) is 4.58. The van der Waals surface area contributed by atoms with Crippen molar-refractivity contribution in [2.75, 3.05) is 30.3 Å². The summed E-state index contributed by atoms with van der Waals surface area (Å²) in [4.78, 5) is 3.76. The SMILES string of the molecule is Nc1cccnc1S(=O)(=O)N1CCS(=O)(=O)CC1. The molecule has 0 spiro atoms. The third-order valence-electron chi connectivity index (χ3n) is 2.69. The number of pyridine rings is 1. The monoisotopic (exact) mass is 291 g/mol. The minimum absolute atomic E-state index is 0.0549. The molecule has 9 heteroatoms. The van der Waals surface area contributed by atoms with Crippen LogP contribution in [0.3, 0.4) is 0 Å². The van der Waals surface area contributed by atoms with Gasteiger partial charge in [-0.05, 0) is 12.1 Å². The quantitative estimate of drug-likeness (QED) is 0.754. The molecule has 0 bridgehead atoms. The van der Waals surface area contributed by atoms with Gasteiger partial charge in [-0.1, -0.05) is 0 Å². The number of sulfonamides is 1. The van der Waals surface area contributed by atoms with Crippen LogP contribution in [0.2, 0.25) is 0 Å². The van der Waals surface area contributed by atoms with Gasteiger partial charge in [0.25, 0.3) is 10.0 Å². The highest BCUT2D eigenvalue weighted by molar-refractivity contribution is 7.92. The molecule has 0 amide bonds. The van der Waals surface area contributed by atoms with Gasteiger partial charge in [0.2, 0.25) is 0 Å². The summed E-state index contributed by atoms with van der Waals surface area (Å²) in [6.45, 7) is -0.110. The maximum atomic E-state index is 12.2. The maximum Gasteiger partial charge on any atom is 0.262 e. The lowest BCUT2D eigenvalue weighted by atomic mass is 10.4. The predicted octanol–water partition coefficient (Wildman–Crippen LogP) is -0.917. The Morgan fingerprint density at radius 1 is 1.28 bits per heavy atom. The summed E-state index contributed by atoms with van der Waals surface area (Å²) < 4.78 is 48.0. The number of hydrogen-bond donors (Lipinski definition) is 1. The fourth-order valence-electron chi connectivity index (χ4n) is 1.68. The second-order valence-corrected chi connectivity index (χ2v) is 8.11. The third-order valence-corrected chi connectivity index (χ3v) is 6.17. The van der Waals surface area contributed by atoms with Crippen LogP contribution >= 0.6 is 0 Å². The Morgan fingerprint density at radius 3 is 2.44 bits per heavy atom. The molecule has 0 aromatic carbocycles. The molecule has 1 saturated heterocycles. The van der Waals surface area contributed by atoms with E-state index in [0.717, 1.165) is 4.31 Å². The first-order valence-corrected chi connectivity index (χ1v) is 8.50. The van der Waals surface area contributed by atoms with E-state index in [0.29, 0.717) is 0 Å². The number of sulfone groups is 1. The predicted molar refractivity (Wildman–Crippen MR) is 66.1 cm³/mol. The minimum Gasteiger partial charge on any atom is -0.396 e. The van der Waals surface area contributed by atoms with Gasteiger partial charge in [0.05, 0.1) is 17.2 Å². The molecule has 2 N–H and O–H groups in total. The number of hydrogen-bond acceptors (Lipinski definition) is 6. The highest BCUT2D eigenvalue weighted by Gasteiger charge is 2.33. The second-order valence-electron chi connectivity index (χ2n) is 3.95. The van der Waals surface area contributed by atoms with Gasteiger partial charge in [0.15, 0.2) is 14.9 Å². The Kier molecular flexibility index (Phi) is 3.30. The van der Waals surface area contributed by atoms with Crippen LogP contribution in [0.25, 0.3) is 0 Å². The molecule has 18 heavy (non-hydrogen) atoms. The number of anilines is 1. The van der Waals surface area contributed by atoms with Crippen LogP contribution in [0.1, 0.15) is 0 Å². The van der Waals surface area contributed by atoms with Crippen molar-refractivity contribution in [3.05, 3.63) is 18.3 Å². The molecule has 0 unspecified atom stereocenters. The molecular weight excluding hydrogens is 278 g/mol. The van der Waals surface area contributed by atoms with Crippen molar-refractivity contribution in [2.24, 2.45) is 0 Å². The summed E-state index contributed by atoms with van der Waals surface area (Å²) in [7, 11) is -6.94. The molecule has 1 aromatic rings. The average molecular weight is 291 g/mol. The Balaban J connectivity index is 2.31. The van der Waals surface area contributed by atoms with Crippen molar-refractivity contribution in [3.63, 3.8) is 0 Å². The normalized spacial score (nSPS) is 20.7. The van der Waals surface area contributed by atoms with Crippen molar-refractivity contribution in [3.8, 4) is 0 Å². The molecular formula is C9H13N3O4S2. The van der Waals surface area contributed by atoms with Crippen molar-refractivity contribution < 1.29 is 16.8 Å². The van der Waals surface area contributed by atoms with E-state index >= 15 is 0 Å². The van der Waals surface area contributed by atoms with E-state index in [2.05, 4.69) is 4.98 Å². The molecule has 1 aliphatic heterocycles. The summed E-state index contributed by atoms with van der Waals surface area (Å²) in [6, 6.07) is 2.98. The van der Waals surface area contributed by atoms with E-state index in [1.165, 1.54) is 18.3 Å². The van der Waals surface area contributed by atoms with Crippen LogP contribution in [0.5, 0.6) is 0 Å². The van der Waals surface area contributed by atoms with Crippen molar-refractivity contribution in [1.29, 1.82) is 0 Å². The first kappa shape index (κ1) is 13.2. The van der Waals surface area contributed by atoms with Gasteiger partial charge in [0, 0.05) is 19.3 Å². The van der Waals surface area contributed by atoms with E-state index in [9.17, 15) is 16.8 Å². The molecule has 0 radical (unpaired) electrons. The average Bonchev–Trinajstić information content (AvgIpc) is 2.28. The summed E-state index contributed by atoms with van der Waals surface area (Å²) in [5.74, 6) is -0.335. The summed E-state index contributed by atoms with van der Waals surface area (Å²) in [5.41, 5.74) is 5.64. The smallest absolute Gasteiger partial charge is 0.262 e. The molecule has 100 valence electrons. The van der Waals surface area contributed by atoms with Crippen molar-refractivity contribution >= 4 is 25.5 Å². The van der Waals surface area contributed by atoms with E-state index in [1.54, 1.807) is 0 Å². The highest BCUT2D eigenvalue weighted by Crippen LogP contribution is 2.20. The van der Waals surface area contributed by atoms with Crippen molar-refractivity contribution in [2.45, 2.75) is 5.03 Å². The van der Waals surface area contributed by atoms with Crippen LogP contribution in [0, 0.1) is 0 Å². The van der Waals surface area contributed by atoms with Gasteiger partial charge in [-0.3, -0.25) is 0 Å². The maximum absolute atomic E-state index is 12.2. The molecule has 0 aliphatic carbocycles. The van der Waals surface area contributed by atoms with Crippen molar-refractivity contribution in [1.82, 2.24) is 9.29 Å². The van der Waals surface area contributed by atoms with Crippen LogP contribution in [0.4, 0.5) is 5.69 Å². The summed E-state index contributed by atoms with van der Waals surface area (Å²) >= 11 is 0. The van der Waals surface area contributed by atoms with Gasteiger partial charge in [-0.2, -0.15) is 4.31 Å². The second kappa shape index (κ2) is 4.48. The van der Waals surface area contributed by atoms with Crippen LogP contribution < -0.4 is 5.73 Å². The van der Waals surface area contributed by atoms with Gasteiger partial charge in [-0.15, -0.1) is 0 Å². The molecule has 1 fully saturated rings. The van der Waals surface area contributed by atoms with E-state index in [-0.39, 0.29) is 35.3 Å². The molecule has 1 aliphatic rings. The molecule has 7 nitrogen and oxygen atoms in total. The first-order chi connectivity index (χ1) is 8.33. The Bertz CT molecular complexity index is 640. The molecule has 0 saturated carbocycles. The summed E-state index contributed by atoms with van der Waals surface area (Å²) in [5, 5.41) is -0.218. The van der Waals surface area contributed by atoms with Crippen LogP contribution in [-0.2, 0) is 19.9 Å². The van der Waals surface area contributed by atoms with E-state index < -0.39 is 19.9 Å². The molecule has 0 atom stereocenters. The van der Waals surface area contributed by atoms with E-state index in [4.69, 9.17) is 5.73 Å². The topological polar surface area (TPSA) is 110 Å². The Hall–Kier alpha value is -1.19. The molecule has 2 rings (SSSR count).